The normalized spacial score (nSPS) is 2.80. The Morgan fingerprint density at radius 2 is 1.80 bits per heavy atom. The van der Waals surface area contributed by atoms with Crippen LogP contribution in [0.1, 0.15) is 0 Å². The second-order valence-corrected chi connectivity index (χ2v) is 0.102. The Balaban J connectivity index is 0. The van der Waals surface area contributed by atoms with Crippen LogP contribution in [0.25, 0.3) is 0 Å². The van der Waals surface area contributed by atoms with Crippen LogP contribution in [0.4, 0.5) is 0 Å². The van der Waals surface area contributed by atoms with E-state index in [-0.39, 0.29) is 0 Å². The van der Waals surface area contributed by atoms with Gasteiger partial charge in [0.05, 0.1) is 0 Å². The van der Waals surface area contributed by atoms with Crippen molar-refractivity contribution in [2.24, 2.45) is 0 Å². The number of rotatable bonds is 0. The lowest BCUT2D eigenvalue weighted by Crippen LogP contribution is -1.16. The van der Waals surface area contributed by atoms with Gasteiger partial charge in [0.2, 0.25) is 6.08 Å². The molecule has 3 heteroatoms. The van der Waals surface area contributed by atoms with Crippen LogP contribution >= 0.6 is 15.9 Å². The smallest absolute Gasteiger partial charge is 0.222 e. The Kier molecular flexibility index (Phi) is 75.6. The molecule has 0 unspecified atom stereocenters. The van der Waals surface area contributed by atoms with Crippen LogP contribution < -0.4 is 0 Å². The zero-order chi connectivity index (χ0) is 4.71. The summed E-state index contributed by atoms with van der Waals surface area (Å²) < 4.78 is 0. The summed E-state index contributed by atoms with van der Waals surface area (Å²) in [6.07, 6.45) is 0.750. The molecule has 5 heavy (non-hydrogen) atoms. The summed E-state index contributed by atoms with van der Waals surface area (Å²) in [6, 6.07) is 0. The van der Waals surface area contributed by atoms with Crippen molar-refractivity contribution < 1.29 is 4.79 Å². The molecule has 0 spiro atoms. The van der Waals surface area contributed by atoms with Gasteiger partial charge in [-0.3, -0.25) is 0 Å². The summed E-state index contributed by atoms with van der Waals surface area (Å²) in [5.41, 5.74) is 0. The van der Waals surface area contributed by atoms with E-state index < -0.39 is 0 Å². The Morgan fingerprint density at radius 3 is 1.80 bits per heavy atom. The molecule has 0 aromatic carbocycles. The minimum atomic E-state index is 0.750. The average Bonchev–Trinajstić information content (AvgIpc) is 1.46. The highest BCUT2D eigenvalue weighted by atomic mass is 79.9. The molecule has 0 aliphatic carbocycles. The van der Waals surface area contributed by atoms with Gasteiger partial charge in [-0.25, -0.2) is 10.2 Å². The monoisotopic (exact) mass is 137 g/mol. The van der Waals surface area contributed by atoms with Crippen molar-refractivity contribution in [1.82, 2.24) is 0 Å². The minimum Gasteiger partial charge on any atom is -0.222 e. The first-order valence-electron chi connectivity index (χ1n) is 0.832. The van der Waals surface area contributed by atoms with Gasteiger partial charge in [0, 0.05) is 0 Å². The zero-order valence-corrected chi connectivity index (χ0v) is 4.37. The van der Waals surface area contributed by atoms with Crippen molar-refractivity contribution in [2.45, 2.75) is 0 Å². The molecule has 0 aliphatic heterocycles. The third kappa shape index (κ3) is 681. The van der Waals surface area contributed by atoms with E-state index in [9.17, 15) is 0 Å². The van der Waals surface area contributed by atoms with E-state index in [1.807, 2.05) is 5.83 Å². The molecule has 0 atom stereocenters. The molecule has 0 aromatic heterocycles. The van der Waals surface area contributed by atoms with Gasteiger partial charge in [-0.2, -0.15) is 0 Å². The first-order valence-corrected chi connectivity index (χ1v) is 2.42. The SMILES string of the molecule is CBr.N=C=O. The maximum absolute atomic E-state index is 8.35. The van der Waals surface area contributed by atoms with Gasteiger partial charge in [-0.1, -0.05) is 15.9 Å². The zero-order valence-electron chi connectivity index (χ0n) is 2.79. The fourth-order valence-electron chi connectivity index (χ4n) is 0. The molecule has 0 fully saturated rings. The van der Waals surface area contributed by atoms with Crippen molar-refractivity contribution in [1.29, 1.82) is 5.41 Å². The quantitative estimate of drug-likeness (QED) is 0.301. The number of carbonyl (C=O) groups excluding carboxylic acids is 1. The van der Waals surface area contributed by atoms with Gasteiger partial charge in [0.15, 0.2) is 0 Å². The van der Waals surface area contributed by atoms with E-state index in [2.05, 4.69) is 15.9 Å². The summed E-state index contributed by atoms with van der Waals surface area (Å²) in [5.74, 6) is 1.81. The Bertz CT molecular complexity index is 30.6. The summed E-state index contributed by atoms with van der Waals surface area (Å²) in [4.78, 5) is 8.35. The summed E-state index contributed by atoms with van der Waals surface area (Å²) >= 11 is 2.94. The first-order chi connectivity index (χ1) is 2.41. The maximum Gasteiger partial charge on any atom is 0.231 e. The van der Waals surface area contributed by atoms with E-state index in [1.165, 1.54) is 0 Å². The number of alkyl halides is 1. The lowest BCUT2D eigenvalue weighted by molar-refractivity contribution is 0.563. The molecule has 0 saturated carbocycles. The molecule has 0 aliphatic rings. The van der Waals surface area contributed by atoms with Gasteiger partial charge in [-0.15, -0.1) is 0 Å². The highest BCUT2D eigenvalue weighted by Crippen LogP contribution is 1.45. The number of hydrogen-bond acceptors (Lipinski definition) is 2. The van der Waals surface area contributed by atoms with Gasteiger partial charge in [0.25, 0.3) is 0 Å². The predicted molar refractivity (Wildman–Crippen MR) is 23.3 cm³/mol. The third-order valence-electron chi connectivity index (χ3n) is 0. The van der Waals surface area contributed by atoms with Crippen molar-refractivity contribution >= 4 is 22.0 Å². The fraction of sp³-hybridized carbons (Fsp3) is 0.500. The largest absolute Gasteiger partial charge is 0.231 e. The highest BCUT2D eigenvalue weighted by Gasteiger charge is 1.03. The van der Waals surface area contributed by atoms with Crippen molar-refractivity contribution in [3.05, 3.63) is 0 Å². The number of hydrogen-bond donors (Lipinski definition) is 1. The number of halogens is 1. The van der Waals surface area contributed by atoms with E-state index >= 15 is 0 Å². The lowest BCUT2D eigenvalue weighted by Gasteiger charge is -1.05. The molecule has 1 N–H and O–H groups in total. The molecule has 30 valence electrons. The standard InChI is InChI=1S/CH3Br.CHNO/c1-2;2-1-3/h1H3;2H. The Hall–Kier alpha value is -0.140. The molecule has 0 radical (unpaired) electrons. The molecule has 0 rings (SSSR count). The maximum atomic E-state index is 8.35. The molecule has 0 bridgehead atoms. The molecule has 0 aromatic rings. The van der Waals surface area contributed by atoms with Crippen LogP contribution in [-0.4, -0.2) is 11.9 Å². The van der Waals surface area contributed by atoms with Gasteiger partial charge in [0.1, 0.15) is 0 Å². The van der Waals surface area contributed by atoms with Crippen LogP contribution in [0.5, 0.6) is 0 Å². The number of isocyanates is 1. The Morgan fingerprint density at radius 1 is 1.80 bits per heavy atom. The van der Waals surface area contributed by atoms with Crippen molar-refractivity contribution in [3.8, 4) is 0 Å². The van der Waals surface area contributed by atoms with Gasteiger partial charge >= 0.3 is 0 Å². The summed E-state index contributed by atoms with van der Waals surface area (Å²) in [7, 11) is 0. The van der Waals surface area contributed by atoms with E-state index in [0.717, 1.165) is 6.08 Å². The fourth-order valence-corrected chi connectivity index (χ4v) is 0. The van der Waals surface area contributed by atoms with Crippen molar-refractivity contribution in [2.75, 3.05) is 5.83 Å². The van der Waals surface area contributed by atoms with Gasteiger partial charge < -0.3 is 0 Å². The van der Waals surface area contributed by atoms with Gasteiger partial charge in [-0.05, 0) is 5.83 Å². The minimum absolute atomic E-state index is 0.750. The molecular weight excluding hydrogens is 134 g/mol. The lowest BCUT2D eigenvalue weighted by atomic mass is 11.7. The first kappa shape index (κ1) is 8.85. The molecule has 0 saturated heterocycles. The second-order valence-electron chi connectivity index (χ2n) is 0.102. The predicted octanol–water partition coefficient (Wildman–Crippen LogP) is 0.912. The number of nitrogens with one attached hydrogen (secondary N) is 1. The van der Waals surface area contributed by atoms with Crippen LogP contribution in [-0.2, 0) is 4.79 Å². The van der Waals surface area contributed by atoms with Crippen LogP contribution in [0, 0.1) is 5.41 Å². The summed E-state index contributed by atoms with van der Waals surface area (Å²) in [5, 5.41) is 5.40. The Labute approximate surface area is 38.8 Å². The van der Waals surface area contributed by atoms with Crippen LogP contribution in [0.2, 0.25) is 0 Å². The van der Waals surface area contributed by atoms with E-state index in [1.54, 1.807) is 0 Å². The van der Waals surface area contributed by atoms with Crippen LogP contribution in [0.15, 0.2) is 0 Å². The van der Waals surface area contributed by atoms with E-state index in [0.29, 0.717) is 0 Å². The highest BCUT2D eigenvalue weighted by molar-refractivity contribution is 9.08. The average molecular weight is 138 g/mol. The topological polar surface area (TPSA) is 40.9 Å². The second kappa shape index (κ2) is 42.7. The van der Waals surface area contributed by atoms with Crippen molar-refractivity contribution in [3.63, 3.8) is 0 Å². The molecule has 0 heterocycles. The van der Waals surface area contributed by atoms with E-state index in [4.69, 9.17) is 10.2 Å². The summed E-state index contributed by atoms with van der Waals surface area (Å²) in [6.45, 7) is 0. The molecular formula is C2H4BrNO. The molecule has 0 amide bonds. The van der Waals surface area contributed by atoms with Crippen LogP contribution in [0.3, 0.4) is 0 Å². The molecule has 2 nitrogen and oxygen atoms in total. The third-order valence-corrected chi connectivity index (χ3v) is 0.